The van der Waals surface area contributed by atoms with Crippen molar-refractivity contribution in [2.24, 2.45) is 5.92 Å². The second-order valence-electron chi connectivity index (χ2n) is 7.50. The Morgan fingerprint density at radius 1 is 1.03 bits per heavy atom. The molecule has 8 nitrogen and oxygen atoms in total. The summed E-state index contributed by atoms with van der Waals surface area (Å²) in [4.78, 5) is 35.8. The van der Waals surface area contributed by atoms with Crippen LogP contribution in [0.2, 0.25) is 0 Å². The number of nitrogens with one attached hydrogen (secondary N) is 1. The highest BCUT2D eigenvalue weighted by Crippen LogP contribution is 2.30. The van der Waals surface area contributed by atoms with Crippen molar-refractivity contribution in [2.75, 3.05) is 42.5 Å². The van der Waals surface area contributed by atoms with Gasteiger partial charge in [0.15, 0.2) is 5.82 Å². The van der Waals surface area contributed by atoms with Gasteiger partial charge in [-0.1, -0.05) is 18.2 Å². The first-order valence-electron chi connectivity index (χ1n) is 9.89. The van der Waals surface area contributed by atoms with Gasteiger partial charge >= 0.3 is 0 Å². The van der Waals surface area contributed by atoms with Crippen molar-refractivity contribution in [3.05, 3.63) is 48.7 Å². The Labute approximate surface area is 168 Å². The van der Waals surface area contributed by atoms with E-state index in [-0.39, 0.29) is 24.2 Å². The van der Waals surface area contributed by atoms with Crippen LogP contribution in [0.15, 0.2) is 48.7 Å². The molecule has 2 aliphatic heterocycles. The van der Waals surface area contributed by atoms with E-state index in [9.17, 15) is 9.59 Å². The van der Waals surface area contributed by atoms with Crippen LogP contribution in [0.4, 0.5) is 11.6 Å². The third-order valence-electron chi connectivity index (χ3n) is 5.74. The molecule has 5 rings (SSSR count). The van der Waals surface area contributed by atoms with Crippen molar-refractivity contribution in [1.82, 2.24) is 20.1 Å². The lowest BCUT2D eigenvalue weighted by molar-refractivity contribution is -0.136. The minimum atomic E-state index is -0.320. The molecule has 1 aromatic carbocycles. The average Bonchev–Trinajstić information content (AvgIpc) is 3.37. The van der Waals surface area contributed by atoms with E-state index in [2.05, 4.69) is 20.1 Å². The highest BCUT2D eigenvalue weighted by Gasteiger charge is 2.39. The van der Waals surface area contributed by atoms with Gasteiger partial charge < -0.3 is 9.80 Å². The number of fused-ring (bicyclic) bond motifs is 1. The monoisotopic (exact) mass is 390 g/mol. The van der Waals surface area contributed by atoms with E-state index < -0.39 is 0 Å². The molecule has 29 heavy (non-hydrogen) atoms. The molecule has 1 N–H and O–H groups in total. The molecule has 0 radical (unpaired) electrons. The van der Waals surface area contributed by atoms with Gasteiger partial charge in [-0.2, -0.15) is 5.10 Å². The van der Waals surface area contributed by atoms with Gasteiger partial charge in [0.25, 0.3) is 0 Å². The summed E-state index contributed by atoms with van der Waals surface area (Å²) < 4.78 is 0. The molecule has 3 aromatic rings. The fraction of sp³-hybridized carbons (Fsp3) is 0.333. The van der Waals surface area contributed by atoms with Crippen molar-refractivity contribution in [1.29, 1.82) is 0 Å². The van der Waals surface area contributed by atoms with Crippen LogP contribution in [-0.2, 0) is 9.59 Å². The predicted molar refractivity (Wildman–Crippen MR) is 110 cm³/mol. The molecule has 2 aromatic heterocycles. The Balaban J connectivity index is 1.25. The number of nitrogens with zero attached hydrogens (tertiary/aromatic N) is 5. The Kier molecular flexibility index (Phi) is 4.38. The first-order chi connectivity index (χ1) is 14.2. The zero-order valence-electron chi connectivity index (χ0n) is 16.0. The Bertz CT molecular complexity index is 1040. The standard InChI is InChI=1S/C21H22N6O2/c28-19-13-15(14-27(19)20-16-5-1-2-6-17(16)23-24-20)21(29)26-11-9-25(10-12-26)18-7-3-4-8-22-18/h1-8,15H,9-14H2,(H,23,24)/t15-/m1/s1. The Hall–Kier alpha value is -3.42. The van der Waals surface area contributed by atoms with E-state index in [1.807, 2.05) is 47.4 Å². The summed E-state index contributed by atoms with van der Waals surface area (Å²) in [5.74, 6) is 1.24. The van der Waals surface area contributed by atoms with Gasteiger partial charge in [-0.25, -0.2) is 4.98 Å². The van der Waals surface area contributed by atoms with E-state index >= 15 is 0 Å². The highest BCUT2D eigenvalue weighted by molar-refractivity contribution is 6.05. The van der Waals surface area contributed by atoms with E-state index in [1.165, 1.54) is 0 Å². The van der Waals surface area contributed by atoms with Crippen LogP contribution in [0.25, 0.3) is 10.9 Å². The van der Waals surface area contributed by atoms with Crippen LogP contribution in [0.1, 0.15) is 6.42 Å². The molecule has 2 amide bonds. The van der Waals surface area contributed by atoms with E-state index in [0.717, 1.165) is 29.8 Å². The van der Waals surface area contributed by atoms with Crippen LogP contribution in [-0.4, -0.2) is 64.6 Å². The molecule has 0 saturated carbocycles. The minimum absolute atomic E-state index is 0.0484. The lowest BCUT2D eigenvalue weighted by atomic mass is 10.1. The smallest absolute Gasteiger partial charge is 0.229 e. The number of hydrogen-bond acceptors (Lipinski definition) is 5. The molecule has 0 spiro atoms. The maximum atomic E-state index is 13.1. The zero-order valence-corrected chi connectivity index (χ0v) is 16.0. The Morgan fingerprint density at radius 3 is 2.62 bits per heavy atom. The van der Waals surface area contributed by atoms with Crippen molar-refractivity contribution in [3.63, 3.8) is 0 Å². The number of rotatable bonds is 3. The molecular weight excluding hydrogens is 368 g/mol. The number of para-hydroxylation sites is 1. The molecule has 4 heterocycles. The molecule has 1 atom stereocenters. The lowest BCUT2D eigenvalue weighted by Gasteiger charge is -2.36. The second-order valence-corrected chi connectivity index (χ2v) is 7.50. The topological polar surface area (TPSA) is 85.4 Å². The quantitative estimate of drug-likeness (QED) is 0.735. The zero-order chi connectivity index (χ0) is 19.8. The molecule has 0 unspecified atom stereocenters. The molecule has 2 saturated heterocycles. The Morgan fingerprint density at radius 2 is 1.83 bits per heavy atom. The molecule has 2 aliphatic rings. The number of pyridine rings is 1. The number of carbonyl (C=O) groups is 2. The number of anilines is 2. The number of amides is 2. The minimum Gasteiger partial charge on any atom is -0.353 e. The van der Waals surface area contributed by atoms with Crippen molar-refractivity contribution < 1.29 is 9.59 Å². The summed E-state index contributed by atoms with van der Waals surface area (Å²) in [5, 5.41) is 8.18. The molecule has 0 bridgehead atoms. The molecule has 0 aliphatic carbocycles. The van der Waals surface area contributed by atoms with Gasteiger partial charge in [-0.3, -0.25) is 19.6 Å². The van der Waals surface area contributed by atoms with Gasteiger partial charge in [0.05, 0.1) is 11.4 Å². The normalized spacial score (nSPS) is 19.9. The number of hydrogen-bond donors (Lipinski definition) is 1. The first kappa shape index (κ1) is 17.7. The average molecular weight is 390 g/mol. The largest absolute Gasteiger partial charge is 0.353 e. The maximum absolute atomic E-state index is 13.1. The summed E-state index contributed by atoms with van der Waals surface area (Å²) in [7, 11) is 0. The van der Waals surface area contributed by atoms with Crippen LogP contribution in [0.5, 0.6) is 0 Å². The predicted octanol–water partition coefficient (Wildman–Crippen LogP) is 1.66. The van der Waals surface area contributed by atoms with Crippen molar-refractivity contribution >= 4 is 34.4 Å². The maximum Gasteiger partial charge on any atom is 0.229 e. The summed E-state index contributed by atoms with van der Waals surface area (Å²) >= 11 is 0. The molecule has 148 valence electrons. The van der Waals surface area contributed by atoms with Crippen LogP contribution in [0, 0.1) is 5.92 Å². The van der Waals surface area contributed by atoms with E-state index in [0.29, 0.717) is 25.5 Å². The second kappa shape index (κ2) is 7.20. The fourth-order valence-corrected chi connectivity index (χ4v) is 4.19. The van der Waals surface area contributed by atoms with Gasteiger partial charge in [0.1, 0.15) is 5.82 Å². The number of piperazine rings is 1. The summed E-state index contributed by atoms with van der Waals surface area (Å²) in [6, 6.07) is 13.6. The summed E-state index contributed by atoms with van der Waals surface area (Å²) in [6.07, 6.45) is 2.02. The third kappa shape index (κ3) is 3.20. The lowest BCUT2D eigenvalue weighted by Crippen LogP contribution is -2.51. The fourth-order valence-electron chi connectivity index (χ4n) is 4.19. The highest BCUT2D eigenvalue weighted by atomic mass is 16.2. The number of aromatic nitrogens is 3. The number of H-pyrrole nitrogens is 1. The SMILES string of the molecule is O=C([C@@H]1CC(=O)N(c2n[nH]c3ccccc23)C1)N1CCN(c2ccccn2)CC1. The van der Waals surface area contributed by atoms with Crippen molar-refractivity contribution in [2.45, 2.75) is 6.42 Å². The van der Waals surface area contributed by atoms with Crippen LogP contribution < -0.4 is 9.80 Å². The molecule has 2 fully saturated rings. The molecular formula is C21H22N6O2. The van der Waals surface area contributed by atoms with E-state index in [1.54, 1.807) is 11.1 Å². The molecule has 8 heteroatoms. The van der Waals surface area contributed by atoms with Crippen LogP contribution >= 0.6 is 0 Å². The number of carbonyl (C=O) groups excluding carboxylic acids is 2. The summed E-state index contributed by atoms with van der Waals surface area (Å²) in [6.45, 7) is 3.16. The third-order valence-corrected chi connectivity index (χ3v) is 5.74. The van der Waals surface area contributed by atoms with E-state index in [4.69, 9.17) is 0 Å². The first-order valence-corrected chi connectivity index (χ1v) is 9.89. The van der Waals surface area contributed by atoms with Crippen LogP contribution in [0.3, 0.4) is 0 Å². The van der Waals surface area contributed by atoms with Crippen molar-refractivity contribution in [3.8, 4) is 0 Å². The van der Waals surface area contributed by atoms with Gasteiger partial charge in [0.2, 0.25) is 11.8 Å². The van der Waals surface area contributed by atoms with Gasteiger partial charge in [-0.15, -0.1) is 0 Å². The van der Waals surface area contributed by atoms with Gasteiger partial charge in [-0.05, 0) is 24.3 Å². The van der Waals surface area contributed by atoms with Gasteiger partial charge in [0, 0.05) is 50.7 Å². The number of benzene rings is 1. The summed E-state index contributed by atoms with van der Waals surface area (Å²) in [5.41, 5.74) is 0.885. The number of aromatic amines is 1.